The number of nitrogens with two attached hydrogens (primary N) is 1. The van der Waals surface area contributed by atoms with Crippen LogP contribution in [0, 0.1) is 0 Å². The van der Waals surface area contributed by atoms with E-state index in [4.69, 9.17) is 15.2 Å². The molecule has 0 saturated heterocycles. The highest BCUT2D eigenvalue weighted by Gasteiger charge is 2.18. The van der Waals surface area contributed by atoms with E-state index in [-0.39, 0.29) is 17.3 Å². The van der Waals surface area contributed by atoms with Gasteiger partial charge in [-0.3, -0.25) is 4.79 Å². The van der Waals surface area contributed by atoms with Crippen LogP contribution >= 0.6 is 0 Å². The molecule has 0 saturated carbocycles. The third-order valence-corrected chi connectivity index (χ3v) is 3.67. The summed E-state index contributed by atoms with van der Waals surface area (Å²) in [5.74, 6) is 0.376. The summed E-state index contributed by atoms with van der Waals surface area (Å²) >= 11 is 0. The summed E-state index contributed by atoms with van der Waals surface area (Å²) in [4.78, 5) is 20.6. The molecule has 0 radical (unpaired) electrons. The predicted molar refractivity (Wildman–Crippen MR) is 97.7 cm³/mol. The van der Waals surface area contributed by atoms with Crippen LogP contribution in [0.4, 0.5) is 5.82 Å². The van der Waals surface area contributed by atoms with E-state index < -0.39 is 0 Å². The van der Waals surface area contributed by atoms with Crippen LogP contribution in [0.2, 0.25) is 0 Å². The molecule has 2 aromatic heterocycles. The summed E-state index contributed by atoms with van der Waals surface area (Å²) in [6.45, 7) is 0.690. The molecule has 0 aliphatic carbocycles. The normalized spacial score (nSPS) is 10.7. The van der Waals surface area contributed by atoms with Crippen molar-refractivity contribution in [2.75, 3.05) is 26.1 Å². The Balaban J connectivity index is 2.15. The van der Waals surface area contributed by atoms with Gasteiger partial charge in [-0.05, 0) is 6.07 Å². The van der Waals surface area contributed by atoms with Gasteiger partial charge >= 0.3 is 0 Å². The van der Waals surface area contributed by atoms with Gasteiger partial charge in [0, 0.05) is 25.8 Å². The fourth-order valence-electron chi connectivity index (χ4n) is 2.37. The summed E-state index contributed by atoms with van der Waals surface area (Å²) < 4.78 is 11.8. The lowest BCUT2D eigenvalue weighted by Crippen LogP contribution is -2.18. The van der Waals surface area contributed by atoms with Crippen LogP contribution < -0.4 is 16.0 Å². The lowest BCUT2D eigenvalue weighted by molar-refractivity contribution is 0.144. The zero-order valence-electron chi connectivity index (χ0n) is 14.5. The Morgan fingerprint density at radius 3 is 2.50 bits per heavy atom. The third-order valence-electron chi connectivity index (χ3n) is 3.67. The van der Waals surface area contributed by atoms with E-state index in [2.05, 4.69) is 15.1 Å². The van der Waals surface area contributed by atoms with Gasteiger partial charge in [0.2, 0.25) is 0 Å². The molecule has 3 rings (SSSR count). The van der Waals surface area contributed by atoms with Crippen molar-refractivity contribution in [1.29, 1.82) is 0 Å². The first kappa shape index (κ1) is 17.6. The standard InChI is InChI=1S/C18H19N5O3/c1-23-14(24)9-8-13(22-23)16-15(12-6-4-3-5-7-12)20-17(19)18(21-16)26-11-10-25-2/h3-9H,10-11H2,1-2H3,(H2,19,20). The summed E-state index contributed by atoms with van der Waals surface area (Å²) in [5, 5.41) is 4.28. The van der Waals surface area contributed by atoms with Crippen molar-refractivity contribution in [3.63, 3.8) is 0 Å². The van der Waals surface area contributed by atoms with Gasteiger partial charge in [-0.2, -0.15) is 5.10 Å². The number of nitrogen functional groups attached to an aromatic ring is 1. The Morgan fingerprint density at radius 2 is 1.81 bits per heavy atom. The van der Waals surface area contributed by atoms with Crippen molar-refractivity contribution in [2.24, 2.45) is 7.05 Å². The van der Waals surface area contributed by atoms with Crippen LogP contribution in [0.1, 0.15) is 0 Å². The number of anilines is 1. The smallest absolute Gasteiger partial charge is 0.266 e. The average molecular weight is 353 g/mol. The van der Waals surface area contributed by atoms with Crippen molar-refractivity contribution in [2.45, 2.75) is 0 Å². The molecule has 0 bridgehead atoms. The second-order valence-corrected chi connectivity index (χ2v) is 5.50. The van der Waals surface area contributed by atoms with Gasteiger partial charge in [0.05, 0.1) is 6.61 Å². The van der Waals surface area contributed by atoms with Crippen LogP contribution in [-0.2, 0) is 11.8 Å². The fourth-order valence-corrected chi connectivity index (χ4v) is 2.37. The van der Waals surface area contributed by atoms with Gasteiger partial charge in [0.1, 0.15) is 23.7 Å². The van der Waals surface area contributed by atoms with E-state index in [1.165, 1.54) is 10.7 Å². The molecular weight excluding hydrogens is 334 g/mol. The largest absolute Gasteiger partial charge is 0.473 e. The maximum absolute atomic E-state index is 11.7. The van der Waals surface area contributed by atoms with Crippen molar-refractivity contribution >= 4 is 5.82 Å². The molecule has 0 atom stereocenters. The van der Waals surface area contributed by atoms with Crippen molar-refractivity contribution < 1.29 is 9.47 Å². The number of methoxy groups -OCH3 is 1. The SMILES string of the molecule is COCCOc1nc(-c2ccc(=O)n(C)n2)c(-c2ccccc2)nc1N. The third kappa shape index (κ3) is 3.70. The van der Waals surface area contributed by atoms with Gasteiger partial charge in [0.15, 0.2) is 5.82 Å². The molecule has 26 heavy (non-hydrogen) atoms. The van der Waals surface area contributed by atoms with Gasteiger partial charge in [-0.1, -0.05) is 30.3 Å². The zero-order chi connectivity index (χ0) is 18.5. The molecule has 2 heterocycles. The van der Waals surface area contributed by atoms with Crippen molar-refractivity contribution in [1.82, 2.24) is 19.7 Å². The van der Waals surface area contributed by atoms with Crippen LogP contribution in [0.5, 0.6) is 5.88 Å². The minimum absolute atomic E-state index is 0.175. The number of hydrogen-bond donors (Lipinski definition) is 1. The molecule has 0 aliphatic heterocycles. The summed E-state index contributed by atoms with van der Waals surface area (Å²) in [7, 11) is 3.16. The number of ether oxygens (including phenoxy) is 2. The van der Waals surface area contributed by atoms with E-state index in [0.29, 0.717) is 30.3 Å². The first-order chi connectivity index (χ1) is 12.6. The van der Waals surface area contributed by atoms with Gasteiger partial charge in [-0.25, -0.2) is 14.6 Å². The first-order valence-electron chi connectivity index (χ1n) is 7.99. The van der Waals surface area contributed by atoms with Crippen LogP contribution in [0.25, 0.3) is 22.6 Å². The Morgan fingerprint density at radius 1 is 1.04 bits per heavy atom. The van der Waals surface area contributed by atoms with E-state index in [1.807, 2.05) is 30.3 Å². The number of rotatable bonds is 6. The van der Waals surface area contributed by atoms with Crippen LogP contribution in [0.15, 0.2) is 47.3 Å². The molecule has 8 heteroatoms. The monoisotopic (exact) mass is 353 g/mol. The second-order valence-electron chi connectivity index (χ2n) is 5.50. The molecule has 0 spiro atoms. The minimum Gasteiger partial charge on any atom is -0.473 e. The Kier molecular flexibility index (Phi) is 5.23. The van der Waals surface area contributed by atoms with E-state index in [9.17, 15) is 4.79 Å². The van der Waals surface area contributed by atoms with Crippen LogP contribution in [0.3, 0.4) is 0 Å². The molecule has 0 fully saturated rings. The van der Waals surface area contributed by atoms with Crippen molar-refractivity contribution in [3.05, 3.63) is 52.8 Å². The summed E-state index contributed by atoms with van der Waals surface area (Å²) in [6, 6.07) is 12.5. The quantitative estimate of drug-likeness (QED) is 0.670. The summed E-state index contributed by atoms with van der Waals surface area (Å²) in [6.07, 6.45) is 0. The lowest BCUT2D eigenvalue weighted by Gasteiger charge is -2.13. The lowest BCUT2D eigenvalue weighted by atomic mass is 10.1. The topological polar surface area (TPSA) is 105 Å². The molecule has 1 aromatic carbocycles. The number of nitrogens with zero attached hydrogens (tertiary/aromatic N) is 4. The Bertz CT molecular complexity index is 957. The molecular formula is C18H19N5O3. The number of aromatic nitrogens is 4. The second kappa shape index (κ2) is 7.75. The highest BCUT2D eigenvalue weighted by atomic mass is 16.5. The summed E-state index contributed by atoms with van der Waals surface area (Å²) in [5.41, 5.74) is 8.19. The molecule has 3 aromatic rings. The maximum Gasteiger partial charge on any atom is 0.266 e. The van der Waals surface area contributed by atoms with Gasteiger partial charge < -0.3 is 15.2 Å². The first-order valence-corrected chi connectivity index (χ1v) is 7.99. The Hall–Kier alpha value is -3.26. The van der Waals surface area contributed by atoms with Crippen LogP contribution in [-0.4, -0.2) is 40.1 Å². The number of hydrogen-bond acceptors (Lipinski definition) is 7. The van der Waals surface area contributed by atoms with Gasteiger partial charge in [0.25, 0.3) is 11.4 Å². The Labute approximate surface area is 150 Å². The number of aryl methyl sites for hydroxylation is 1. The maximum atomic E-state index is 11.7. The van der Waals surface area contributed by atoms with Gasteiger partial charge in [-0.15, -0.1) is 0 Å². The highest BCUT2D eigenvalue weighted by Crippen LogP contribution is 2.31. The van der Waals surface area contributed by atoms with Crippen molar-refractivity contribution in [3.8, 4) is 28.5 Å². The molecule has 8 nitrogen and oxygen atoms in total. The number of benzene rings is 1. The molecule has 134 valence electrons. The van der Waals surface area contributed by atoms with E-state index >= 15 is 0 Å². The molecule has 0 amide bonds. The van der Waals surface area contributed by atoms with E-state index in [0.717, 1.165) is 5.56 Å². The molecule has 2 N–H and O–H groups in total. The molecule has 0 aliphatic rings. The predicted octanol–water partition coefficient (Wildman–Crippen LogP) is 1.51. The highest BCUT2D eigenvalue weighted by molar-refractivity contribution is 5.77. The fraction of sp³-hybridized carbons (Fsp3) is 0.222. The minimum atomic E-state index is -0.213. The zero-order valence-corrected chi connectivity index (χ0v) is 14.5. The van der Waals surface area contributed by atoms with E-state index in [1.54, 1.807) is 20.2 Å². The average Bonchev–Trinajstić information content (AvgIpc) is 2.66. The molecule has 0 unspecified atom stereocenters.